The van der Waals surface area contributed by atoms with Crippen LogP contribution in [0.1, 0.15) is 37.4 Å². The molecular weight excluding hydrogens is 248 g/mol. The van der Waals surface area contributed by atoms with E-state index >= 15 is 0 Å². The summed E-state index contributed by atoms with van der Waals surface area (Å²) < 4.78 is 6.03. The van der Waals surface area contributed by atoms with Crippen LogP contribution in [0.4, 0.5) is 0 Å². The van der Waals surface area contributed by atoms with E-state index in [1.165, 1.54) is 11.1 Å². The number of hydrogen-bond acceptors (Lipinski definition) is 3. The third-order valence-corrected chi connectivity index (χ3v) is 4.00. The number of nitrogens with one attached hydrogen (secondary N) is 1. The molecular formula is C17H28N2O. The van der Waals surface area contributed by atoms with Crippen molar-refractivity contribution in [2.75, 3.05) is 33.3 Å². The third kappa shape index (κ3) is 4.05. The van der Waals surface area contributed by atoms with Crippen molar-refractivity contribution in [1.29, 1.82) is 0 Å². The number of aryl methyl sites for hydroxylation is 1. The summed E-state index contributed by atoms with van der Waals surface area (Å²) in [4.78, 5) is 2.36. The summed E-state index contributed by atoms with van der Waals surface area (Å²) in [5, 5.41) is 3.68. The van der Waals surface area contributed by atoms with Crippen LogP contribution in [-0.4, -0.2) is 44.3 Å². The number of nitrogens with zero attached hydrogens (tertiary/aromatic N) is 1. The molecule has 1 fully saturated rings. The lowest BCUT2D eigenvalue weighted by molar-refractivity contribution is -0.0392. The van der Waals surface area contributed by atoms with E-state index in [-0.39, 0.29) is 6.10 Å². The highest BCUT2D eigenvalue weighted by Crippen LogP contribution is 2.23. The normalized spacial score (nSPS) is 21.9. The van der Waals surface area contributed by atoms with Crippen molar-refractivity contribution in [3.8, 4) is 0 Å². The summed E-state index contributed by atoms with van der Waals surface area (Å²) >= 11 is 0. The third-order valence-electron chi connectivity index (χ3n) is 4.00. The van der Waals surface area contributed by atoms with Gasteiger partial charge in [-0.15, -0.1) is 0 Å². The van der Waals surface area contributed by atoms with Crippen molar-refractivity contribution >= 4 is 0 Å². The molecule has 0 radical (unpaired) electrons. The van der Waals surface area contributed by atoms with Gasteiger partial charge in [-0.05, 0) is 37.6 Å². The summed E-state index contributed by atoms with van der Waals surface area (Å²) in [5.74, 6) is 0. The Hall–Kier alpha value is -0.900. The predicted molar refractivity (Wildman–Crippen MR) is 84.1 cm³/mol. The largest absolute Gasteiger partial charge is 0.374 e. The van der Waals surface area contributed by atoms with Gasteiger partial charge in [0.1, 0.15) is 0 Å². The number of morpholine rings is 1. The minimum absolute atomic E-state index is 0.243. The molecule has 0 spiro atoms. The first-order valence-corrected chi connectivity index (χ1v) is 7.87. The molecule has 1 aromatic carbocycles. The van der Waals surface area contributed by atoms with E-state index in [0.717, 1.165) is 39.1 Å². The molecule has 1 N–H and O–H groups in total. The second-order valence-corrected chi connectivity index (χ2v) is 5.70. The summed E-state index contributed by atoms with van der Waals surface area (Å²) in [7, 11) is 2.18. The lowest BCUT2D eigenvalue weighted by atomic mass is 9.97. The minimum Gasteiger partial charge on any atom is -0.374 e. The molecule has 1 saturated heterocycles. The zero-order chi connectivity index (χ0) is 14.4. The highest BCUT2D eigenvalue weighted by molar-refractivity contribution is 5.27. The Balaban J connectivity index is 2.16. The van der Waals surface area contributed by atoms with E-state index in [0.29, 0.717) is 6.04 Å². The molecule has 0 aliphatic carbocycles. The number of benzene rings is 1. The fourth-order valence-corrected chi connectivity index (χ4v) is 2.78. The summed E-state index contributed by atoms with van der Waals surface area (Å²) in [5.41, 5.74) is 2.76. The van der Waals surface area contributed by atoms with E-state index < -0.39 is 0 Å². The van der Waals surface area contributed by atoms with E-state index in [4.69, 9.17) is 4.74 Å². The van der Waals surface area contributed by atoms with Crippen LogP contribution in [-0.2, 0) is 11.2 Å². The lowest BCUT2D eigenvalue weighted by Crippen LogP contribution is -2.46. The molecule has 0 saturated carbocycles. The molecule has 0 aromatic heterocycles. The second kappa shape index (κ2) is 7.77. The predicted octanol–water partition coefficient (Wildman–Crippen LogP) is 2.62. The molecule has 20 heavy (non-hydrogen) atoms. The maximum Gasteiger partial charge on any atom is 0.0896 e. The lowest BCUT2D eigenvalue weighted by Gasteiger charge is -2.36. The van der Waals surface area contributed by atoms with Crippen molar-refractivity contribution in [2.45, 2.75) is 38.8 Å². The first kappa shape index (κ1) is 15.5. The fraction of sp³-hybridized carbons (Fsp3) is 0.647. The van der Waals surface area contributed by atoms with E-state index in [1.807, 2.05) is 0 Å². The van der Waals surface area contributed by atoms with Gasteiger partial charge in [0.15, 0.2) is 0 Å². The molecule has 1 aliphatic heterocycles. The number of ether oxygens (including phenoxy) is 1. The average Bonchev–Trinajstić information content (AvgIpc) is 2.48. The maximum absolute atomic E-state index is 6.03. The summed E-state index contributed by atoms with van der Waals surface area (Å²) in [6.45, 7) is 8.31. The van der Waals surface area contributed by atoms with Crippen molar-refractivity contribution in [3.05, 3.63) is 35.4 Å². The first-order valence-electron chi connectivity index (χ1n) is 7.87. The Morgan fingerprint density at radius 1 is 1.40 bits per heavy atom. The van der Waals surface area contributed by atoms with Gasteiger partial charge < -0.3 is 15.0 Å². The summed E-state index contributed by atoms with van der Waals surface area (Å²) in [6, 6.07) is 9.22. The van der Waals surface area contributed by atoms with Gasteiger partial charge in [-0.25, -0.2) is 0 Å². The quantitative estimate of drug-likeness (QED) is 0.864. The molecule has 2 atom stereocenters. The molecule has 2 unspecified atom stereocenters. The molecule has 0 bridgehead atoms. The first-order chi connectivity index (χ1) is 9.74. The van der Waals surface area contributed by atoms with Crippen molar-refractivity contribution in [3.63, 3.8) is 0 Å². The van der Waals surface area contributed by atoms with Gasteiger partial charge in [0, 0.05) is 13.1 Å². The highest BCUT2D eigenvalue weighted by Gasteiger charge is 2.27. The van der Waals surface area contributed by atoms with Gasteiger partial charge in [0.05, 0.1) is 18.8 Å². The number of rotatable bonds is 6. The van der Waals surface area contributed by atoms with Crippen LogP contribution in [0.25, 0.3) is 0 Å². The smallest absolute Gasteiger partial charge is 0.0896 e. The zero-order valence-corrected chi connectivity index (χ0v) is 13.1. The molecule has 3 nitrogen and oxygen atoms in total. The number of likely N-dealkylation sites (N-methyl/N-ethyl adjacent to an activating group) is 1. The fourth-order valence-electron chi connectivity index (χ4n) is 2.78. The molecule has 3 heteroatoms. The van der Waals surface area contributed by atoms with Crippen LogP contribution in [0.15, 0.2) is 24.3 Å². The van der Waals surface area contributed by atoms with E-state index in [2.05, 4.69) is 55.4 Å². The topological polar surface area (TPSA) is 24.5 Å². The summed E-state index contributed by atoms with van der Waals surface area (Å²) in [6.07, 6.45) is 2.47. The van der Waals surface area contributed by atoms with Crippen LogP contribution in [0.5, 0.6) is 0 Å². The van der Waals surface area contributed by atoms with Crippen LogP contribution in [0, 0.1) is 0 Å². The number of hydrogen-bond donors (Lipinski definition) is 1. The van der Waals surface area contributed by atoms with Gasteiger partial charge in [-0.2, -0.15) is 0 Å². The zero-order valence-electron chi connectivity index (χ0n) is 13.1. The van der Waals surface area contributed by atoms with Crippen LogP contribution in [0.3, 0.4) is 0 Å². The molecule has 1 aliphatic rings. The Bertz CT molecular complexity index is 408. The molecule has 112 valence electrons. The monoisotopic (exact) mass is 276 g/mol. The molecule has 0 amide bonds. The van der Waals surface area contributed by atoms with Gasteiger partial charge in [-0.1, -0.05) is 38.1 Å². The van der Waals surface area contributed by atoms with Gasteiger partial charge >= 0.3 is 0 Å². The average molecular weight is 276 g/mol. The van der Waals surface area contributed by atoms with Crippen molar-refractivity contribution < 1.29 is 4.74 Å². The Labute approximate surface area is 123 Å². The van der Waals surface area contributed by atoms with Crippen LogP contribution in [0.2, 0.25) is 0 Å². The molecule has 1 heterocycles. The Morgan fingerprint density at radius 3 is 2.95 bits per heavy atom. The van der Waals surface area contributed by atoms with Crippen LogP contribution < -0.4 is 5.32 Å². The molecule has 2 rings (SSSR count). The van der Waals surface area contributed by atoms with Gasteiger partial charge in [0.2, 0.25) is 0 Å². The molecule has 1 aromatic rings. The maximum atomic E-state index is 6.03. The van der Waals surface area contributed by atoms with E-state index in [9.17, 15) is 0 Å². The van der Waals surface area contributed by atoms with Gasteiger partial charge in [-0.3, -0.25) is 0 Å². The van der Waals surface area contributed by atoms with E-state index in [1.54, 1.807) is 0 Å². The van der Waals surface area contributed by atoms with Crippen LogP contribution >= 0.6 is 0 Å². The highest BCUT2D eigenvalue weighted by atomic mass is 16.5. The Morgan fingerprint density at radius 2 is 2.25 bits per heavy atom. The van der Waals surface area contributed by atoms with Gasteiger partial charge in [0.25, 0.3) is 0 Å². The Kier molecular flexibility index (Phi) is 6.02. The minimum atomic E-state index is 0.243. The van der Waals surface area contributed by atoms with Crippen molar-refractivity contribution in [1.82, 2.24) is 10.2 Å². The SMILES string of the molecule is CCCNC(c1cccc(CC)c1)C1CN(C)CCO1. The van der Waals surface area contributed by atoms with Crippen molar-refractivity contribution in [2.24, 2.45) is 0 Å². The second-order valence-electron chi connectivity index (χ2n) is 5.70. The standard InChI is InChI=1S/C17H28N2O/c1-4-9-18-17(16-13-19(3)10-11-20-16)15-8-6-7-14(5-2)12-15/h6-8,12,16-18H,4-5,9-11,13H2,1-3H3.